The summed E-state index contributed by atoms with van der Waals surface area (Å²) in [6.45, 7) is 3.64. The van der Waals surface area contributed by atoms with Gasteiger partial charge in [-0.25, -0.2) is 9.48 Å². The van der Waals surface area contributed by atoms with Crippen molar-refractivity contribution in [1.82, 2.24) is 14.7 Å². The standard InChI is InChI=1S/C19H25N3O4/c1-3-26-19(24)17-11-20-22(14-6-8-16(25-2)9-7-14)18(17)12-21-10-4-5-15(21)13-23/h6-9,11,15,23H,3-5,10,12-13H2,1-2H3/t15-/m0/s1. The zero-order valence-corrected chi connectivity index (χ0v) is 15.2. The van der Waals surface area contributed by atoms with Crippen LogP contribution >= 0.6 is 0 Å². The van der Waals surface area contributed by atoms with Gasteiger partial charge in [-0.1, -0.05) is 0 Å². The molecule has 0 unspecified atom stereocenters. The van der Waals surface area contributed by atoms with Crippen molar-refractivity contribution in [1.29, 1.82) is 0 Å². The number of nitrogens with zero attached hydrogens (tertiary/aromatic N) is 3. The number of methoxy groups -OCH3 is 1. The van der Waals surface area contributed by atoms with Crippen molar-refractivity contribution in [2.75, 3.05) is 26.9 Å². The smallest absolute Gasteiger partial charge is 0.341 e. The highest BCUT2D eigenvalue weighted by Gasteiger charge is 2.28. The minimum Gasteiger partial charge on any atom is -0.497 e. The molecule has 26 heavy (non-hydrogen) atoms. The predicted octanol–water partition coefficient (Wildman–Crippen LogP) is 2.01. The molecule has 7 heteroatoms. The van der Waals surface area contributed by atoms with Gasteiger partial charge in [-0.15, -0.1) is 0 Å². The van der Waals surface area contributed by atoms with Crippen LogP contribution in [-0.2, 0) is 11.3 Å². The number of ether oxygens (including phenoxy) is 2. The van der Waals surface area contributed by atoms with Gasteiger partial charge in [0.2, 0.25) is 0 Å². The van der Waals surface area contributed by atoms with E-state index in [4.69, 9.17) is 9.47 Å². The molecular weight excluding hydrogens is 334 g/mol. The van der Waals surface area contributed by atoms with E-state index in [0.717, 1.165) is 36.5 Å². The topological polar surface area (TPSA) is 76.8 Å². The third-order valence-corrected chi connectivity index (χ3v) is 4.74. The van der Waals surface area contributed by atoms with Crippen LogP contribution in [0.5, 0.6) is 5.75 Å². The van der Waals surface area contributed by atoms with Crippen LogP contribution in [0, 0.1) is 0 Å². The largest absolute Gasteiger partial charge is 0.497 e. The fraction of sp³-hybridized carbons (Fsp3) is 0.474. The molecule has 2 aromatic rings. The van der Waals surface area contributed by atoms with E-state index < -0.39 is 0 Å². The second kappa shape index (κ2) is 8.33. The summed E-state index contributed by atoms with van der Waals surface area (Å²) >= 11 is 0. The fourth-order valence-corrected chi connectivity index (χ4v) is 3.35. The van der Waals surface area contributed by atoms with Crippen LogP contribution in [0.1, 0.15) is 35.8 Å². The number of likely N-dealkylation sites (tertiary alicyclic amines) is 1. The summed E-state index contributed by atoms with van der Waals surface area (Å²) in [6.07, 6.45) is 3.56. The number of hydrogen-bond acceptors (Lipinski definition) is 6. The predicted molar refractivity (Wildman–Crippen MR) is 96.6 cm³/mol. The molecule has 0 saturated carbocycles. The van der Waals surface area contributed by atoms with E-state index in [2.05, 4.69) is 10.00 Å². The molecule has 1 fully saturated rings. The van der Waals surface area contributed by atoms with Crippen molar-refractivity contribution in [3.05, 3.63) is 41.7 Å². The summed E-state index contributed by atoms with van der Waals surface area (Å²) in [5, 5.41) is 14.0. The molecule has 0 spiro atoms. The quantitative estimate of drug-likeness (QED) is 0.762. The van der Waals surface area contributed by atoms with Crippen molar-refractivity contribution >= 4 is 5.97 Å². The van der Waals surface area contributed by atoms with E-state index in [9.17, 15) is 9.90 Å². The maximum atomic E-state index is 12.4. The molecule has 7 nitrogen and oxygen atoms in total. The molecule has 3 rings (SSSR count). The highest BCUT2D eigenvalue weighted by atomic mass is 16.5. The zero-order chi connectivity index (χ0) is 18.5. The third kappa shape index (κ3) is 3.73. The SMILES string of the molecule is CCOC(=O)c1cnn(-c2ccc(OC)cc2)c1CN1CCC[C@H]1CO. The second-order valence-electron chi connectivity index (χ2n) is 6.28. The molecule has 0 radical (unpaired) electrons. The van der Waals surface area contributed by atoms with Crippen LogP contribution in [0.2, 0.25) is 0 Å². The highest BCUT2D eigenvalue weighted by Crippen LogP contribution is 2.24. The fourth-order valence-electron chi connectivity index (χ4n) is 3.35. The summed E-state index contributed by atoms with van der Waals surface area (Å²) in [5.41, 5.74) is 2.08. The lowest BCUT2D eigenvalue weighted by Gasteiger charge is -2.23. The van der Waals surface area contributed by atoms with Crippen molar-refractivity contribution in [2.45, 2.75) is 32.4 Å². The van der Waals surface area contributed by atoms with E-state index in [1.165, 1.54) is 0 Å². The first-order valence-corrected chi connectivity index (χ1v) is 8.91. The second-order valence-corrected chi connectivity index (χ2v) is 6.28. The van der Waals surface area contributed by atoms with Crippen LogP contribution < -0.4 is 4.74 Å². The minimum atomic E-state index is -0.373. The first-order valence-electron chi connectivity index (χ1n) is 8.91. The van der Waals surface area contributed by atoms with Gasteiger partial charge < -0.3 is 14.6 Å². The Morgan fingerprint density at radius 1 is 1.35 bits per heavy atom. The molecule has 1 atom stereocenters. The Labute approximate surface area is 153 Å². The molecule has 1 aromatic carbocycles. The minimum absolute atomic E-state index is 0.115. The van der Waals surface area contributed by atoms with Gasteiger partial charge in [-0.2, -0.15) is 5.10 Å². The molecule has 1 aliphatic heterocycles. The van der Waals surface area contributed by atoms with Gasteiger partial charge in [0.05, 0.1) is 37.9 Å². The summed E-state index contributed by atoms with van der Waals surface area (Å²) in [7, 11) is 1.62. The number of aliphatic hydroxyl groups is 1. The summed E-state index contributed by atoms with van der Waals surface area (Å²) in [5.74, 6) is 0.384. The molecule has 0 aliphatic carbocycles. The number of hydrogen-bond donors (Lipinski definition) is 1. The first kappa shape index (κ1) is 18.4. The summed E-state index contributed by atoms with van der Waals surface area (Å²) in [4.78, 5) is 14.6. The van der Waals surface area contributed by atoms with E-state index in [0.29, 0.717) is 18.7 Å². The van der Waals surface area contributed by atoms with Crippen molar-refractivity contribution in [3.8, 4) is 11.4 Å². The number of carbonyl (C=O) groups is 1. The molecule has 1 aliphatic rings. The molecule has 1 aromatic heterocycles. The number of esters is 1. The van der Waals surface area contributed by atoms with E-state index >= 15 is 0 Å². The zero-order valence-electron chi connectivity index (χ0n) is 15.2. The van der Waals surface area contributed by atoms with Crippen molar-refractivity contribution in [2.24, 2.45) is 0 Å². The van der Waals surface area contributed by atoms with Crippen molar-refractivity contribution in [3.63, 3.8) is 0 Å². The number of aromatic nitrogens is 2. The van der Waals surface area contributed by atoms with Crippen LogP contribution in [0.4, 0.5) is 0 Å². The summed E-state index contributed by atoms with van der Waals surface area (Å²) in [6, 6.07) is 7.63. The average Bonchev–Trinajstić information content (AvgIpc) is 3.29. The van der Waals surface area contributed by atoms with Crippen LogP contribution in [0.3, 0.4) is 0 Å². The molecule has 2 heterocycles. The molecule has 0 amide bonds. The van der Waals surface area contributed by atoms with Gasteiger partial charge in [0.15, 0.2) is 0 Å². The van der Waals surface area contributed by atoms with Crippen LogP contribution in [0.25, 0.3) is 5.69 Å². The third-order valence-electron chi connectivity index (χ3n) is 4.74. The van der Waals surface area contributed by atoms with E-state index in [1.807, 2.05) is 24.3 Å². The van der Waals surface area contributed by atoms with E-state index in [-0.39, 0.29) is 18.6 Å². The monoisotopic (exact) mass is 359 g/mol. The normalized spacial score (nSPS) is 17.4. The van der Waals surface area contributed by atoms with Gasteiger partial charge in [0, 0.05) is 12.6 Å². The molecule has 0 bridgehead atoms. The Hall–Kier alpha value is -2.38. The Bertz CT molecular complexity index is 742. The lowest BCUT2D eigenvalue weighted by atomic mass is 10.2. The Morgan fingerprint density at radius 2 is 2.12 bits per heavy atom. The van der Waals surface area contributed by atoms with Crippen LogP contribution in [0.15, 0.2) is 30.5 Å². The maximum absolute atomic E-state index is 12.4. The number of carbonyl (C=O) groups excluding carboxylic acids is 1. The average molecular weight is 359 g/mol. The Balaban J connectivity index is 1.96. The van der Waals surface area contributed by atoms with Gasteiger partial charge in [-0.3, -0.25) is 4.90 Å². The molecule has 1 saturated heterocycles. The first-order chi connectivity index (χ1) is 12.7. The Kier molecular flexibility index (Phi) is 5.90. The maximum Gasteiger partial charge on any atom is 0.341 e. The molecule has 140 valence electrons. The highest BCUT2D eigenvalue weighted by molar-refractivity contribution is 5.90. The van der Waals surface area contributed by atoms with Crippen molar-refractivity contribution < 1.29 is 19.4 Å². The van der Waals surface area contributed by atoms with Gasteiger partial charge in [-0.05, 0) is 50.6 Å². The summed E-state index contributed by atoms with van der Waals surface area (Å²) < 4.78 is 12.2. The van der Waals surface area contributed by atoms with Gasteiger partial charge >= 0.3 is 5.97 Å². The number of rotatable bonds is 7. The lowest BCUT2D eigenvalue weighted by molar-refractivity contribution is 0.0523. The van der Waals surface area contributed by atoms with Gasteiger partial charge in [0.1, 0.15) is 11.3 Å². The molecule has 1 N–H and O–H groups in total. The number of benzene rings is 1. The lowest BCUT2D eigenvalue weighted by Crippen LogP contribution is -2.33. The number of aliphatic hydroxyl groups excluding tert-OH is 1. The molecular formula is C19H25N3O4. The van der Waals surface area contributed by atoms with Crippen LogP contribution in [-0.4, -0.2) is 58.7 Å². The van der Waals surface area contributed by atoms with E-state index in [1.54, 1.807) is 24.9 Å². The Morgan fingerprint density at radius 3 is 2.77 bits per heavy atom. The van der Waals surface area contributed by atoms with Gasteiger partial charge in [0.25, 0.3) is 0 Å².